The van der Waals surface area contributed by atoms with Crippen LogP contribution in [0, 0.1) is 6.92 Å². The van der Waals surface area contributed by atoms with Gasteiger partial charge in [0.2, 0.25) is 5.91 Å². The van der Waals surface area contributed by atoms with Crippen LogP contribution in [0.4, 0.5) is 5.69 Å². The number of halogens is 1. The fourth-order valence-corrected chi connectivity index (χ4v) is 4.09. The number of hydrogen-bond donors (Lipinski definition) is 2. The maximum absolute atomic E-state index is 12.8. The molecule has 2 heterocycles. The molecule has 0 atom stereocenters. The van der Waals surface area contributed by atoms with E-state index in [1.54, 1.807) is 31.4 Å². The lowest BCUT2D eigenvalue weighted by molar-refractivity contribution is -0.113. The number of carbonyl (C=O) groups is 1. The summed E-state index contributed by atoms with van der Waals surface area (Å²) >= 11 is 7.32. The van der Waals surface area contributed by atoms with Gasteiger partial charge >= 0.3 is 0 Å². The first kappa shape index (κ1) is 20.3. The van der Waals surface area contributed by atoms with E-state index in [0.29, 0.717) is 26.9 Å². The number of aromatic amines is 1. The van der Waals surface area contributed by atoms with Crippen molar-refractivity contribution in [2.24, 2.45) is 7.05 Å². The third-order valence-electron chi connectivity index (χ3n) is 4.82. The van der Waals surface area contributed by atoms with Crippen LogP contribution < -0.4 is 10.9 Å². The maximum atomic E-state index is 12.8. The van der Waals surface area contributed by atoms with Crippen LogP contribution in [0.5, 0.6) is 0 Å². The molecular formula is C22H19ClN4O2S. The summed E-state index contributed by atoms with van der Waals surface area (Å²) in [5.74, 6) is -0.0832. The lowest BCUT2D eigenvalue weighted by atomic mass is 10.1. The molecule has 0 aliphatic carbocycles. The van der Waals surface area contributed by atoms with Gasteiger partial charge in [-0.2, -0.15) is 0 Å². The minimum atomic E-state index is -0.197. The van der Waals surface area contributed by atoms with Crippen LogP contribution in [-0.2, 0) is 11.8 Å². The summed E-state index contributed by atoms with van der Waals surface area (Å²) in [5, 5.41) is 3.93. The SMILES string of the molecule is Cc1c(Cl)cccc1NC(=O)CSc1nc2c(-c3ccccc3)c[nH]c2c(=O)n1C. The summed E-state index contributed by atoms with van der Waals surface area (Å²) in [6.45, 7) is 1.85. The van der Waals surface area contributed by atoms with Crippen LogP contribution in [0.15, 0.2) is 64.7 Å². The van der Waals surface area contributed by atoms with Gasteiger partial charge in [0.1, 0.15) is 11.0 Å². The molecule has 0 saturated heterocycles. The Morgan fingerprint density at radius 3 is 2.73 bits per heavy atom. The highest BCUT2D eigenvalue weighted by atomic mass is 35.5. The van der Waals surface area contributed by atoms with Crippen LogP contribution >= 0.6 is 23.4 Å². The molecule has 2 aromatic heterocycles. The second-order valence-corrected chi connectivity index (χ2v) is 8.15. The third-order valence-corrected chi connectivity index (χ3v) is 6.26. The Morgan fingerprint density at radius 1 is 1.20 bits per heavy atom. The van der Waals surface area contributed by atoms with Crippen molar-refractivity contribution in [1.82, 2.24) is 14.5 Å². The molecule has 0 aliphatic heterocycles. The van der Waals surface area contributed by atoms with E-state index in [9.17, 15) is 9.59 Å². The summed E-state index contributed by atoms with van der Waals surface area (Å²) < 4.78 is 1.45. The number of hydrogen-bond acceptors (Lipinski definition) is 4. The van der Waals surface area contributed by atoms with E-state index in [0.717, 1.165) is 16.7 Å². The number of nitrogens with zero attached hydrogens (tertiary/aromatic N) is 2. The maximum Gasteiger partial charge on any atom is 0.278 e. The summed E-state index contributed by atoms with van der Waals surface area (Å²) in [6, 6.07) is 15.1. The predicted molar refractivity (Wildman–Crippen MR) is 122 cm³/mol. The second kappa shape index (κ2) is 8.38. The molecule has 0 bridgehead atoms. The van der Waals surface area contributed by atoms with Gasteiger partial charge in [-0.25, -0.2) is 4.98 Å². The van der Waals surface area contributed by atoms with Gasteiger partial charge in [-0.3, -0.25) is 14.2 Å². The van der Waals surface area contributed by atoms with Gasteiger partial charge in [-0.15, -0.1) is 0 Å². The number of fused-ring (bicyclic) bond motifs is 1. The largest absolute Gasteiger partial charge is 0.355 e. The average Bonchev–Trinajstić information content (AvgIpc) is 3.17. The van der Waals surface area contributed by atoms with Gasteiger partial charge in [0.15, 0.2) is 5.16 Å². The molecule has 2 N–H and O–H groups in total. The summed E-state index contributed by atoms with van der Waals surface area (Å²) in [4.78, 5) is 32.9. The Morgan fingerprint density at radius 2 is 1.97 bits per heavy atom. The summed E-state index contributed by atoms with van der Waals surface area (Å²) in [7, 11) is 1.65. The number of amides is 1. The molecule has 0 aliphatic rings. The zero-order valence-corrected chi connectivity index (χ0v) is 18.0. The first-order chi connectivity index (χ1) is 14.5. The van der Waals surface area contributed by atoms with Crippen molar-refractivity contribution in [3.05, 3.63) is 75.7 Å². The number of H-pyrrole nitrogens is 1. The molecule has 0 saturated carbocycles. The lowest BCUT2D eigenvalue weighted by Crippen LogP contribution is -2.21. The van der Waals surface area contributed by atoms with E-state index in [1.165, 1.54) is 16.3 Å². The number of thioether (sulfide) groups is 1. The van der Waals surface area contributed by atoms with Crippen LogP contribution in [0.2, 0.25) is 5.02 Å². The van der Waals surface area contributed by atoms with E-state index in [1.807, 2.05) is 37.3 Å². The van der Waals surface area contributed by atoms with Crippen LogP contribution in [-0.4, -0.2) is 26.2 Å². The minimum absolute atomic E-state index is 0.114. The van der Waals surface area contributed by atoms with E-state index in [-0.39, 0.29) is 17.2 Å². The Kier molecular flexibility index (Phi) is 5.65. The summed E-state index contributed by atoms with van der Waals surface area (Å²) in [6.07, 6.45) is 1.79. The number of benzene rings is 2. The highest BCUT2D eigenvalue weighted by Crippen LogP contribution is 2.28. The lowest BCUT2D eigenvalue weighted by Gasteiger charge is -2.10. The van der Waals surface area contributed by atoms with Crippen molar-refractivity contribution >= 4 is 46.0 Å². The fraction of sp³-hybridized carbons (Fsp3) is 0.136. The third kappa shape index (κ3) is 3.86. The first-order valence-electron chi connectivity index (χ1n) is 9.27. The monoisotopic (exact) mass is 438 g/mol. The molecule has 1 amide bonds. The van der Waals surface area contributed by atoms with Gasteiger partial charge in [0.05, 0.1) is 5.75 Å². The van der Waals surface area contributed by atoms with Crippen LogP contribution in [0.25, 0.3) is 22.2 Å². The van der Waals surface area contributed by atoms with Gasteiger partial charge in [-0.05, 0) is 30.2 Å². The van der Waals surface area contributed by atoms with Crippen molar-refractivity contribution in [3.63, 3.8) is 0 Å². The Hall–Kier alpha value is -3.03. The van der Waals surface area contributed by atoms with Crippen molar-refractivity contribution in [1.29, 1.82) is 0 Å². The zero-order chi connectivity index (χ0) is 21.3. The molecule has 6 nitrogen and oxygen atoms in total. The second-order valence-electron chi connectivity index (χ2n) is 6.80. The van der Waals surface area contributed by atoms with Gasteiger partial charge in [-0.1, -0.05) is 59.8 Å². The average molecular weight is 439 g/mol. The predicted octanol–water partition coefficient (Wildman–Crippen LogP) is 4.62. The van der Waals surface area contributed by atoms with Crippen LogP contribution in [0.1, 0.15) is 5.56 Å². The van der Waals surface area contributed by atoms with Crippen LogP contribution in [0.3, 0.4) is 0 Å². The van der Waals surface area contributed by atoms with Crippen molar-refractivity contribution in [3.8, 4) is 11.1 Å². The van der Waals surface area contributed by atoms with E-state index in [2.05, 4.69) is 15.3 Å². The summed E-state index contributed by atoms with van der Waals surface area (Å²) in [5.41, 5.74) is 4.15. The smallest absolute Gasteiger partial charge is 0.278 e. The normalized spacial score (nSPS) is 11.0. The Labute approximate surface area is 182 Å². The molecule has 30 heavy (non-hydrogen) atoms. The Balaban J connectivity index is 1.60. The molecule has 0 fully saturated rings. The zero-order valence-electron chi connectivity index (χ0n) is 16.4. The number of rotatable bonds is 5. The van der Waals surface area contributed by atoms with Crippen molar-refractivity contribution < 1.29 is 4.79 Å². The van der Waals surface area contributed by atoms with Gasteiger partial charge in [0, 0.05) is 29.5 Å². The van der Waals surface area contributed by atoms with Gasteiger partial charge in [0.25, 0.3) is 5.56 Å². The highest BCUT2D eigenvalue weighted by molar-refractivity contribution is 7.99. The molecule has 152 valence electrons. The van der Waals surface area contributed by atoms with Crippen molar-refractivity contribution in [2.75, 3.05) is 11.1 Å². The molecule has 0 spiro atoms. The van der Waals surface area contributed by atoms with Gasteiger partial charge < -0.3 is 10.3 Å². The standard InChI is InChI=1S/C22H19ClN4O2S/c1-13-16(23)9-6-10-17(13)25-18(28)12-30-22-26-19-15(14-7-4-3-5-8-14)11-24-20(19)21(29)27(22)2/h3-11,24H,12H2,1-2H3,(H,25,28). The molecule has 8 heteroatoms. The molecule has 0 radical (unpaired) electrons. The molecule has 2 aromatic carbocycles. The number of anilines is 1. The number of nitrogens with one attached hydrogen (secondary N) is 2. The van der Waals surface area contributed by atoms with E-state index >= 15 is 0 Å². The topological polar surface area (TPSA) is 79.8 Å². The Bertz CT molecular complexity index is 1300. The first-order valence-corrected chi connectivity index (χ1v) is 10.6. The van der Waals surface area contributed by atoms with Crippen molar-refractivity contribution in [2.45, 2.75) is 12.1 Å². The number of aromatic nitrogens is 3. The quantitative estimate of drug-likeness (QED) is 0.352. The molecule has 4 rings (SSSR count). The minimum Gasteiger partial charge on any atom is -0.355 e. The number of carbonyl (C=O) groups excluding carboxylic acids is 1. The van der Waals surface area contributed by atoms with E-state index in [4.69, 9.17) is 11.6 Å². The molecule has 4 aromatic rings. The molecule has 0 unspecified atom stereocenters. The fourth-order valence-electron chi connectivity index (χ4n) is 3.15. The highest BCUT2D eigenvalue weighted by Gasteiger charge is 2.16. The molecular weight excluding hydrogens is 420 g/mol. The van der Waals surface area contributed by atoms with E-state index < -0.39 is 0 Å².